The molecule has 3 nitrogen and oxygen atoms in total. The van der Waals surface area contributed by atoms with E-state index in [9.17, 15) is 4.79 Å². The third kappa shape index (κ3) is 2.76. The summed E-state index contributed by atoms with van der Waals surface area (Å²) >= 11 is 0. The van der Waals surface area contributed by atoms with Gasteiger partial charge >= 0.3 is 6.16 Å². The molecule has 0 saturated carbocycles. The van der Waals surface area contributed by atoms with Crippen LogP contribution in [0.15, 0.2) is 24.3 Å². The molecule has 3 heteroatoms. The average Bonchev–Trinajstić information content (AvgIpc) is 2.19. The van der Waals surface area contributed by atoms with Gasteiger partial charge in [-0.3, -0.25) is 0 Å². The van der Waals surface area contributed by atoms with Gasteiger partial charge in [0.1, 0.15) is 5.75 Å². The highest BCUT2D eigenvalue weighted by Gasteiger charge is 2.07. The number of benzene rings is 1. The highest BCUT2D eigenvalue weighted by molar-refractivity contribution is 5.64. The van der Waals surface area contributed by atoms with Gasteiger partial charge in [0, 0.05) is 0 Å². The zero-order chi connectivity index (χ0) is 10.4. The lowest BCUT2D eigenvalue weighted by Gasteiger charge is -2.07. The van der Waals surface area contributed by atoms with Crippen LogP contribution in [0, 0.1) is 6.92 Å². The molecule has 0 aromatic heterocycles. The van der Waals surface area contributed by atoms with Gasteiger partial charge in [-0.15, -0.1) is 0 Å². The number of hydrogen-bond donors (Lipinski definition) is 0. The molecule has 0 amide bonds. The molecule has 0 atom stereocenters. The van der Waals surface area contributed by atoms with Crippen molar-refractivity contribution in [3.05, 3.63) is 36.8 Å². The van der Waals surface area contributed by atoms with E-state index < -0.39 is 6.16 Å². The lowest BCUT2D eigenvalue weighted by molar-refractivity contribution is 0.109. The van der Waals surface area contributed by atoms with E-state index in [-0.39, 0.29) is 6.61 Å². The van der Waals surface area contributed by atoms with Gasteiger partial charge in [0.25, 0.3) is 0 Å². The Kier molecular flexibility index (Phi) is 3.98. The van der Waals surface area contributed by atoms with Crippen LogP contribution in [0.4, 0.5) is 4.79 Å². The van der Waals surface area contributed by atoms with Crippen molar-refractivity contribution in [1.82, 2.24) is 0 Å². The molecule has 0 saturated heterocycles. The van der Waals surface area contributed by atoms with Crippen LogP contribution in [0.2, 0.25) is 0 Å². The Hall–Kier alpha value is -1.51. The molecular formula is C11H13O3. The summed E-state index contributed by atoms with van der Waals surface area (Å²) in [5.74, 6) is 0.549. The first kappa shape index (κ1) is 10.6. The molecule has 0 bridgehead atoms. The highest BCUT2D eigenvalue weighted by atomic mass is 16.7. The second kappa shape index (κ2) is 5.27. The van der Waals surface area contributed by atoms with Crippen molar-refractivity contribution in [2.45, 2.75) is 13.3 Å². The minimum atomic E-state index is -0.707. The van der Waals surface area contributed by atoms with E-state index in [4.69, 9.17) is 4.74 Å². The number of carbonyl (C=O) groups excluding carboxylic acids is 1. The molecule has 1 aromatic rings. The van der Waals surface area contributed by atoms with Gasteiger partial charge in [-0.25, -0.2) is 4.79 Å². The molecule has 0 spiro atoms. The van der Waals surface area contributed by atoms with Crippen LogP contribution in [0.5, 0.6) is 5.75 Å². The number of carbonyl (C=O) groups is 1. The Bertz CT molecular complexity index is 307. The van der Waals surface area contributed by atoms with Crippen LogP contribution >= 0.6 is 0 Å². The van der Waals surface area contributed by atoms with Crippen molar-refractivity contribution in [3.8, 4) is 5.75 Å². The highest BCUT2D eigenvalue weighted by Crippen LogP contribution is 2.18. The number of rotatable bonds is 3. The zero-order valence-corrected chi connectivity index (χ0v) is 8.16. The van der Waals surface area contributed by atoms with Gasteiger partial charge in [0.15, 0.2) is 0 Å². The number of para-hydroxylation sites is 1. The maximum atomic E-state index is 11.0. The van der Waals surface area contributed by atoms with E-state index in [0.29, 0.717) is 5.75 Å². The summed E-state index contributed by atoms with van der Waals surface area (Å²) in [5.41, 5.74) is 0.980. The summed E-state index contributed by atoms with van der Waals surface area (Å²) in [5, 5.41) is 0. The zero-order valence-electron chi connectivity index (χ0n) is 8.16. The fourth-order valence-corrected chi connectivity index (χ4v) is 1.10. The molecule has 0 fully saturated rings. The van der Waals surface area contributed by atoms with Gasteiger partial charge in [-0.2, -0.15) is 0 Å². The molecule has 0 heterocycles. The predicted octanol–water partition coefficient (Wildman–Crippen LogP) is 2.60. The van der Waals surface area contributed by atoms with Crippen molar-refractivity contribution in [2.24, 2.45) is 0 Å². The minimum absolute atomic E-state index is 0.0765. The van der Waals surface area contributed by atoms with E-state index in [1.165, 1.54) is 0 Å². The molecule has 0 unspecified atom stereocenters. The summed E-state index contributed by atoms with van der Waals surface area (Å²) < 4.78 is 9.55. The summed E-state index contributed by atoms with van der Waals surface area (Å²) in [6.45, 7) is 5.46. The van der Waals surface area contributed by atoms with Gasteiger partial charge < -0.3 is 9.47 Å². The Morgan fingerprint density at radius 3 is 2.79 bits per heavy atom. The van der Waals surface area contributed by atoms with E-state index >= 15 is 0 Å². The van der Waals surface area contributed by atoms with E-state index in [2.05, 4.69) is 11.7 Å². The standard InChI is InChI=1S/C11H13O3/c1-3-9-7-5-6-8-10(9)14-11(12)13-4-2/h5-8H,2-4H2,1H3. The van der Waals surface area contributed by atoms with E-state index in [1.807, 2.05) is 25.1 Å². The largest absolute Gasteiger partial charge is 0.513 e. The number of ether oxygens (including phenoxy) is 2. The lowest BCUT2D eigenvalue weighted by Crippen LogP contribution is -2.11. The van der Waals surface area contributed by atoms with Crippen molar-refractivity contribution in [3.63, 3.8) is 0 Å². The van der Waals surface area contributed by atoms with Crippen LogP contribution in [-0.2, 0) is 11.2 Å². The summed E-state index contributed by atoms with van der Waals surface area (Å²) in [6, 6.07) is 7.36. The smallest absolute Gasteiger partial charge is 0.434 e. The summed E-state index contributed by atoms with van der Waals surface area (Å²) in [6.07, 6.45) is 0.106. The van der Waals surface area contributed by atoms with Crippen LogP contribution in [0.25, 0.3) is 0 Å². The molecule has 0 aliphatic rings. The number of aryl methyl sites for hydroxylation is 1. The first-order chi connectivity index (χ1) is 6.77. The summed E-state index contributed by atoms with van der Waals surface area (Å²) in [4.78, 5) is 11.0. The third-order valence-electron chi connectivity index (χ3n) is 1.77. The molecule has 0 aliphatic heterocycles. The lowest BCUT2D eigenvalue weighted by atomic mass is 10.1. The number of hydrogen-bond acceptors (Lipinski definition) is 3. The maximum Gasteiger partial charge on any atom is 0.513 e. The molecule has 0 N–H and O–H groups in total. The molecule has 75 valence electrons. The molecule has 14 heavy (non-hydrogen) atoms. The van der Waals surface area contributed by atoms with Crippen molar-refractivity contribution in [1.29, 1.82) is 0 Å². The van der Waals surface area contributed by atoms with E-state index in [0.717, 1.165) is 12.0 Å². The first-order valence-corrected chi connectivity index (χ1v) is 4.49. The Morgan fingerprint density at radius 1 is 1.43 bits per heavy atom. The average molecular weight is 193 g/mol. The van der Waals surface area contributed by atoms with Crippen LogP contribution in [0.1, 0.15) is 12.5 Å². The van der Waals surface area contributed by atoms with Gasteiger partial charge in [0.2, 0.25) is 0 Å². The van der Waals surface area contributed by atoms with Gasteiger partial charge in [0.05, 0.1) is 6.61 Å². The van der Waals surface area contributed by atoms with Gasteiger partial charge in [-0.1, -0.05) is 25.1 Å². The van der Waals surface area contributed by atoms with Crippen LogP contribution in [0.3, 0.4) is 0 Å². The van der Waals surface area contributed by atoms with E-state index in [1.54, 1.807) is 6.07 Å². The first-order valence-electron chi connectivity index (χ1n) is 4.49. The monoisotopic (exact) mass is 193 g/mol. The maximum absolute atomic E-state index is 11.0. The Morgan fingerprint density at radius 2 is 2.14 bits per heavy atom. The van der Waals surface area contributed by atoms with Crippen molar-refractivity contribution < 1.29 is 14.3 Å². The fourth-order valence-electron chi connectivity index (χ4n) is 1.10. The molecule has 0 aliphatic carbocycles. The third-order valence-corrected chi connectivity index (χ3v) is 1.77. The Balaban J connectivity index is 2.70. The molecular weight excluding hydrogens is 180 g/mol. The molecule has 1 radical (unpaired) electrons. The second-order valence-electron chi connectivity index (χ2n) is 2.66. The SMILES string of the molecule is [CH2]COC(=O)Oc1ccccc1CC. The molecule has 1 aromatic carbocycles. The van der Waals surface area contributed by atoms with Gasteiger partial charge in [-0.05, 0) is 25.0 Å². The summed E-state index contributed by atoms with van der Waals surface area (Å²) in [7, 11) is 0. The fraction of sp³-hybridized carbons (Fsp3) is 0.273. The van der Waals surface area contributed by atoms with Crippen LogP contribution < -0.4 is 4.74 Å². The molecule has 1 rings (SSSR count). The minimum Gasteiger partial charge on any atom is -0.434 e. The normalized spacial score (nSPS) is 9.57. The quantitative estimate of drug-likeness (QED) is 0.546. The second-order valence-corrected chi connectivity index (χ2v) is 2.66. The topological polar surface area (TPSA) is 35.5 Å². The van der Waals surface area contributed by atoms with Crippen molar-refractivity contribution >= 4 is 6.16 Å². The Labute approximate surface area is 83.6 Å². The van der Waals surface area contributed by atoms with Crippen molar-refractivity contribution in [2.75, 3.05) is 6.61 Å². The predicted molar refractivity (Wildman–Crippen MR) is 53.2 cm³/mol. The van der Waals surface area contributed by atoms with Crippen LogP contribution in [-0.4, -0.2) is 12.8 Å².